The molecule has 0 bridgehead atoms. The molecule has 0 aliphatic heterocycles. The summed E-state index contributed by atoms with van der Waals surface area (Å²) in [6.45, 7) is -0.0983. The number of nitrogens with two attached hydrogens (primary N) is 1. The molecule has 1 atom stereocenters. The first-order valence-electron chi connectivity index (χ1n) is 4.66. The Kier molecular flexibility index (Phi) is 3.65. The number of hydrogen-bond acceptors (Lipinski definition) is 5. The lowest BCUT2D eigenvalue weighted by atomic mass is 10.3. The summed E-state index contributed by atoms with van der Waals surface area (Å²) in [5.41, 5.74) is 6.53. The smallest absolute Gasteiger partial charge is 0.112 e. The molecule has 0 spiro atoms. The highest BCUT2D eigenvalue weighted by Crippen LogP contribution is 2.27. The number of aliphatic hydroxyl groups is 1. The van der Waals surface area contributed by atoms with E-state index in [-0.39, 0.29) is 6.61 Å². The van der Waals surface area contributed by atoms with Gasteiger partial charge in [0, 0.05) is 6.20 Å². The zero-order valence-corrected chi connectivity index (χ0v) is 10.7. The summed E-state index contributed by atoms with van der Waals surface area (Å²) in [6.07, 6.45) is 1.73. The number of hydrogen-bond donors (Lipinski definition) is 2. The van der Waals surface area contributed by atoms with E-state index in [1.165, 1.54) is 11.3 Å². The van der Waals surface area contributed by atoms with Crippen molar-refractivity contribution in [3.63, 3.8) is 0 Å². The van der Waals surface area contributed by atoms with Crippen LogP contribution in [-0.4, -0.2) is 21.7 Å². The van der Waals surface area contributed by atoms with Crippen molar-refractivity contribution in [3.8, 4) is 10.6 Å². The molecular weight excluding hydrogens is 290 g/mol. The van der Waals surface area contributed by atoms with Gasteiger partial charge in [-0.25, -0.2) is 9.97 Å². The second kappa shape index (κ2) is 5.01. The number of aliphatic hydroxyl groups excluding tert-OH is 1. The maximum atomic E-state index is 8.93. The van der Waals surface area contributed by atoms with Gasteiger partial charge in [0.05, 0.1) is 23.2 Å². The van der Waals surface area contributed by atoms with E-state index in [1.807, 2.05) is 18.2 Å². The molecule has 2 aromatic heterocycles. The van der Waals surface area contributed by atoms with Gasteiger partial charge in [-0.05, 0) is 28.1 Å². The van der Waals surface area contributed by atoms with Crippen LogP contribution in [0.25, 0.3) is 10.6 Å². The fourth-order valence-electron chi connectivity index (χ4n) is 1.20. The lowest BCUT2D eigenvalue weighted by molar-refractivity contribution is 0.267. The van der Waals surface area contributed by atoms with Crippen LogP contribution in [0, 0.1) is 0 Å². The van der Waals surface area contributed by atoms with Crippen molar-refractivity contribution in [1.82, 2.24) is 9.97 Å². The van der Waals surface area contributed by atoms with Gasteiger partial charge in [0.1, 0.15) is 9.61 Å². The zero-order valence-electron chi connectivity index (χ0n) is 8.30. The molecule has 2 rings (SSSR count). The molecule has 0 fully saturated rings. The third-order valence-electron chi connectivity index (χ3n) is 2.01. The highest BCUT2D eigenvalue weighted by Gasteiger charge is 2.11. The van der Waals surface area contributed by atoms with Crippen molar-refractivity contribution in [1.29, 1.82) is 0 Å². The number of thiazole rings is 1. The topological polar surface area (TPSA) is 72.0 Å². The highest BCUT2D eigenvalue weighted by molar-refractivity contribution is 9.10. The predicted molar refractivity (Wildman–Crippen MR) is 67.1 cm³/mol. The van der Waals surface area contributed by atoms with Crippen LogP contribution < -0.4 is 5.73 Å². The lowest BCUT2D eigenvalue weighted by Crippen LogP contribution is -2.13. The van der Waals surface area contributed by atoms with Crippen LogP contribution in [0.1, 0.15) is 11.0 Å². The summed E-state index contributed by atoms with van der Waals surface area (Å²) in [4.78, 5) is 9.44. The number of aromatic nitrogens is 2. The molecule has 0 saturated heterocycles. The monoisotopic (exact) mass is 299 g/mol. The second-order valence-electron chi connectivity index (χ2n) is 3.20. The largest absolute Gasteiger partial charge is 0.394 e. The van der Waals surface area contributed by atoms with Gasteiger partial charge in [-0.1, -0.05) is 6.07 Å². The van der Waals surface area contributed by atoms with Crippen LogP contribution in [0.3, 0.4) is 0 Å². The molecule has 2 aromatic rings. The Morgan fingerprint density at radius 2 is 2.31 bits per heavy atom. The normalized spacial score (nSPS) is 12.7. The quantitative estimate of drug-likeness (QED) is 0.850. The first kappa shape index (κ1) is 11.7. The average Bonchev–Trinajstić information content (AvgIpc) is 2.77. The number of halogens is 1. The molecule has 0 aliphatic carbocycles. The van der Waals surface area contributed by atoms with Crippen LogP contribution in [-0.2, 0) is 0 Å². The van der Waals surface area contributed by atoms with Crippen LogP contribution >= 0.6 is 27.3 Å². The average molecular weight is 300 g/mol. The molecule has 3 N–H and O–H groups in total. The van der Waals surface area contributed by atoms with Gasteiger partial charge in [-0.15, -0.1) is 11.3 Å². The third kappa shape index (κ3) is 2.46. The fourth-order valence-corrected chi connectivity index (χ4v) is 2.42. The summed E-state index contributed by atoms with van der Waals surface area (Å²) in [6, 6.07) is 5.28. The van der Waals surface area contributed by atoms with E-state index >= 15 is 0 Å². The Morgan fingerprint density at radius 1 is 1.50 bits per heavy atom. The second-order valence-corrected chi connectivity index (χ2v) is 5.07. The number of pyridine rings is 1. The molecule has 0 radical (unpaired) electrons. The maximum absolute atomic E-state index is 8.93. The van der Waals surface area contributed by atoms with Crippen molar-refractivity contribution in [2.24, 2.45) is 5.73 Å². The van der Waals surface area contributed by atoms with Crippen molar-refractivity contribution in [3.05, 3.63) is 34.0 Å². The standard InChI is InChI=1S/C10H10BrN3OS/c11-9-3-1-2-7(14-9)8-4-13-10(16-8)6(12)5-15/h1-4,6,15H,5,12H2/t6-/m0/s1. The highest BCUT2D eigenvalue weighted by atomic mass is 79.9. The zero-order chi connectivity index (χ0) is 11.5. The molecule has 0 saturated carbocycles. The molecule has 0 aliphatic rings. The molecule has 0 unspecified atom stereocenters. The molecule has 16 heavy (non-hydrogen) atoms. The first-order chi connectivity index (χ1) is 7.70. The third-order valence-corrected chi connectivity index (χ3v) is 3.60. The van der Waals surface area contributed by atoms with Gasteiger partial charge in [-0.2, -0.15) is 0 Å². The lowest BCUT2D eigenvalue weighted by Gasteiger charge is -2.01. The van der Waals surface area contributed by atoms with Crippen molar-refractivity contribution < 1.29 is 5.11 Å². The number of rotatable bonds is 3. The minimum Gasteiger partial charge on any atom is -0.394 e. The number of nitrogens with zero attached hydrogens (tertiary/aromatic N) is 2. The fraction of sp³-hybridized carbons (Fsp3) is 0.200. The van der Waals surface area contributed by atoms with E-state index < -0.39 is 6.04 Å². The SMILES string of the molecule is N[C@@H](CO)c1ncc(-c2cccc(Br)n2)s1. The van der Waals surface area contributed by atoms with Gasteiger partial charge < -0.3 is 10.8 Å². The van der Waals surface area contributed by atoms with Crippen molar-refractivity contribution in [2.45, 2.75) is 6.04 Å². The first-order valence-corrected chi connectivity index (χ1v) is 6.26. The van der Waals surface area contributed by atoms with E-state index in [0.29, 0.717) is 0 Å². The minimum absolute atomic E-state index is 0.0983. The van der Waals surface area contributed by atoms with E-state index in [9.17, 15) is 0 Å². The molecule has 6 heteroatoms. The van der Waals surface area contributed by atoms with Crippen LogP contribution in [0.2, 0.25) is 0 Å². The van der Waals surface area contributed by atoms with Crippen LogP contribution in [0.4, 0.5) is 0 Å². The maximum Gasteiger partial charge on any atom is 0.112 e. The van der Waals surface area contributed by atoms with Crippen molar-refractivity contribution >= 4 is 27.3 Å². The summed E-state index contributed by atoms with van der Waals surface area (Å²) in [5, 5.41) is 9.65. The van der Waals surface area contributed by atoms with Crippen molar-refractivity contribution in [2.75, 3.05) is 6.61 Å². The molecular formula is C10H10BrN3OS. The molecule has 4 nitrogen and oxygen atoms in total. The molecule has 84 valence electrons. The minimum atomic E-state index is -0.411. The van der Waals surface area contributed by atoms with Gasteiger partial charge in [0.15, 0.2) is 0 Å². The van der Waals surface area contributed by atoms with Gasteiger partial charge >= 0.3 is 0 Å². The van der Waals surface area contributed by atoms with Gasteiger partial charge in [0.2, 0.25) is 0 Å². The Balaban J connectivity index is 2.31. The molecule has 2 heterocycles. The Bertz CT molecular complexity index is 488. The molecule has 0 aromatic carbocycles. The van der Waals surface area contributed by atoms with E-state index in [0.717, 1.165) is 20.2 Å². The molecule has 0 amide bonds. The Hall–Kier alpha value is -0.820. The summed E-state index contributed by atoms with van der Waals surface area (Å²) in [7, 11) is 0. The van der Waals surface area contributed by atoms with Gasteiger partial charge in [0.25, 0.3) is 0 Å². The van der Waals surface area contributed by atoms with Crippen LogP contribution in [0.5, 0.6) is 0 Å². The Labute approximate surface area is 105 Å². The Morgan fingerprint density at radius 3 is 3.00 bits per heavy atom. The summed E-state index contributed by atoms with van der Waals surface area (Å²) < 4.78 is 0.784. The summed E-state index contributed by atoms with van der Waals surface area (Å²) in [5.74, 6) is 0. The predicted octanol–water partition coefficient (Wildman–Crippen LogP) is 1.96. The van der Waals surface area contributed by atoms with E-state index in [4.69, 9.17) is 10.8 Å². The van der Waals surface area contributed by atoms with Crippen LogP contribution in [0.15, 0.2) is 29.0 Å². The van der Waals surface area contributed by atoms with E-state index in [1.54, 1.807) is 6.20 Å². The van der Waals surface area contributed by atoms with E-state index in [2.05, 4.69) is 25.9 Å². The summed E-state index contributed by atoms with van der Waals surface area (Å²) >= 11 is 4.77. The van der Waals surface area contributed by atoms with Gasteiger partial charge in [-0.3, -0.25) is 0 Å².